The molecule has 5 rings (SSSR count). The van der Waals surface area contributed by atoms with Crippen molar-refractivity contribution in [2.24, 2.45) is 29.1 Å². The molecule has 4 aliphatic rings. The number of Topliss-reactive ketones (excluding diaryl/α,β-unsaturated/α-hetero) is 1. The summed E-state index contributed by atoms with van der Waals surface area (Å²) in [6, 6.07) is 2.48. The largest absolute Gasteiger partial charge is 0.460 e. The Hall–Kier alpha value is -3.45. The molecule has 2 heterocycles. The molecule has 0 bridgehead atoms. The predicted molar refractivity (Wildman–Crippen MR) is 205 cm³/mol. The molecule has 3 amide bonds. The van der Waals surface area contributed by atoms with Crippen molar-refractivity contribution in [3.05, 3.63) is 40.4 Å². The molecule has 1 saturated heterocycles. The third-order valence-corrected chi connectivity index (χ3v) is 14.0. The van der Waals surface area contributed by atoms with Gasteiger partial charge in [0.1, 0.15) is 11.7 Å². The van der Waals surface area contributed by atoms with Crippen molar-refractivity contribution in [3.8, 4) is 0 Å². The van der Waals surface area contributed by atoms with Crippen LogP contribution in [-0.4, -0.2) is 72.0 Å². The number of sulfonamides is 1. The van der Waals surface area contributed by atoms with Crippen LogP contribution in [0.1, 0.15) is 110 Å². The first kappa shape index (κ1) is 41.7. The van der Waals surface area contributed by atoms with Gasteiger partial charge in [0.05, 0.1) is 45.8 Å². The van der Waals surface area contributed by atoms with E-state index in [9.17, 15) is 32.4 Å². The molecule has 2 N–H and O–H groups in total. The van der Waals surface area contributed by atoms with Crippen LogP contribution in [0.15, 0.2) is 24.3 Å². The quantitative estimate of drug-likeness (QED) is 0.223. The van der Waals surface area contributed by atoms with E-state index in [1.165, 1.54) is 4.90 Å². The van der Waals surface area contributed by atoms with Crippen molar-refractivity contribution in [1.29, 1.82) is 0 Å². The maximum Gasteiger partial charge on any atom is 0.412 e. The summed E-state index contributed by atoms with van der Waals surface area (Å²) in [7, 11) is -3.98. The first-order valence-corrected chi connectivity index (χ1v) is 20.9. The summed E-state index contributed by atoms with van der Waals surface area (Å²) in [5.41, 5.74) is -0.0733. The van der Waals surface area contributed by atoms with Gasteiger partial charge in [0.2, 0.25) is 21.8 Å². The van der Waals surface area contributed by atoms with Crippen LogP contribution in [0.3, 0.4) is 0 Å². The fourth-order valence-electron chi connectivity index (χ4n) is 8.00. The molecule has 2 aliphatic heterocycles. The van der Waals surface area contributed by atoms with Crippen LogP contribution in [-0.2, 0) is 38.7 Å². The Morgan fingerprint density at radius 2 is 1.76 bits per heavy atom. The van der Waals surface area contributed by atoms with Crippen LogP contribution in [0, 0.1) is 42.9 Å². The highest BCUT2D eigenvalue weighted by atomic mass is 35.5. The van der Waals surface area contributed by atoms with Gasteiger partial charge in [-0.2, -0.15) is 0 Å². The van der Waals surface area contributed by atoms with Gasteiger partial charge < -0.3 is 14.4 Å². The Kier molecular flexibility index (Phi) is 12.0. The van der Waals surface area contributed by atoms with Crippen molar-refractivity contribution in [3.63, 3.8) is 0 Å². The van der Waals surface area contributed by atoms with Crippen molar-refractivity contribution in [2.45, 2.75) is 136 Å². The number of rotatable bonds is 7. The fourth-order valence-corrected chi connectivity index (χ4v) is 9.71. The number of halogens is 1. The number of amides is 3. The number of ketones is 1. The SMILES string of the molecule is Cc1cc(C)c(NC(=O)O[C@@H]2C[C@H]3C(=O)C[C@]4(C(=O)NS(=O)(=O)C5(C)CC5)C[C@H]4/C=C\CC[C@H](C)C[C@@H](C)[C@H](CC(=O)OC(C)(C)C)C(=O)N3C2)c(Cl)c1. The van der Waals surface area contributed by atoms with Crippen LogP contribution in [0.5, 0.6) is 0 Å². The molecular formula is C40H56ClN3O9S. The van der Waals surface area contributed by atoms with Gasteiger partial charge in [0.15, 0.2) is 5.78 Å². The number of allylic oxidation sites excluding steroid dienone is 2. The number of benzene rings is 1. The zero-order valence-corrected chi connectivity index (χ0v) is 34.3. The summed E-state index contributed by atoms with van der Waals surface area (Å²) in [6.07, 6.45) is 4.88. The molecule has 0 aromatic heterocycles. The van der Waals surface area contributed by atoms with Gasteiger partial charge in [-0.25, -0.2) is 13.2 Å². The number of anilines is 1. The number of fused-ring (bicyclic) bond motifs is 2. The average molecular weight is 790 g/mol. The lowest BCUT2D eigenvalue weighted by molar-refractivity contribution is -0.160. The second-order valence-corrected chi connectivity index (χ2v) is 20.2. The van der Waals surface area contributed by atoms with E-state index in [0.717, 1.165) is 17.5 Å². The van der Waals surface area contributed by atoms with Gasteiger partial charge in [-0.05, 0) is 115 Å². The molecule has 12 nitrogen and oxygen atoms in total. The molecule has 2 aliphatic carbocycles. The van der Waals surface area contributed by atoms with E-state index in [2.05, 4.69) is 17.0 Å². The third-order valence-electron chi connectivity index (χ3n) is 11.5. The summed E-state index contributed by atoms with van der Waals surface area (Å²) < 4.78 is 39.1. The highest BCUT2D eigenvalue weighted by Gasteiger charge is 2.62. The lowest BCUT2D eigenvalue weighted by Crippen LogP contribution is -2.48. The van der Waals surface area contributed by atoms with E-state index in [-0.39, 0.29) is 50.0 Å². The number of nitrogens with zero attached hydrogens (tertiary/aromatic N) is 1. The number of ether oxygens (including phenoxy) is 2. The summed E-state index contributed by atoms with van der Waals surface area (Å²) >= 11 is 6.43. The summed E-state index contributed by atoms with van der Waals surface area (Å²) in [5.74, 6) is -3.44. The van der Waals surface area contributed by atoms with Crippen molar-refractivity contribution >= 4 is 57.0 Å². The Labute approximate surface area is 324 Å². The Bertz CT molecular complexity index is 1790. The minimum absolute atomic E-state index is 0.0445. The molecule has 1 aromatic rings. The maximum atomic E-state index is 14.7. The molecule has 14 heteroatoms. The number of hydrogen-bond acceptors (Lipinski definition) is 9. The fraction of sp³-hybridized carbons (Fsp3) is 0.675. The normalized spacial score (nSPS) is 30.5. The summed E-state index contributed by atoms with van der Waals surface area (Å²) in [6.45, 7) is 14.4. The van der Waals surface area contributed by atoms with E-state index in [4.69, 9.17) is 21.1 Å². The molecule has 2 saturated carbocycles. The van der Waals surface area contributed by atoms with E-state index in [0.29, 0.717) is 36.4 Å². The van der Waals surface area contributed by atoms with Crippen LogP contribution >= 0.6 is 11.6 Å². The van der Waals surface area contributed by atoms with Crippen molar-refractivity contribution in [2.75, 3.05) is 11.9 Å². The number of aryl methyl sites for hydroxylation is 2. The number of hydrogen-bond donors (Lipinski definition) is 2. The summed E-state index contributed by atoms with van der Waals surface area (Å²) in [5, 5.41) is 3.03. The van der Waals surface area contributed by atoms with Crippen molar-refractivity contribution < 1.29 is 41.9 Å². The molecule has 0 unspecified atom stereocenters. The second-order valence-electron chi connectivity index (χ2n) is 17.5. The molecule has 54 heavy (non-hydrogen) atoms. The molecule has 298 valence electrons. The number of carbonyl (C=O) groups excluding carboxylic acids is 5. The average Bonchev–Trinajstić information content (AvgIpc) is 3.92. The molecular weight excluding hydrogens is 734 g/mol. The number of nitrogens with one attached hydrogen (secondary N) is 2. The van der Waals surface area contributed by atoms with Gasteiger partial charge >= 0.3 is 12.1 Å². The third kappa shape index (κ3) is 9.49. The number of esters is 1. The van der Waals surface area contributed by atoms with Crippen molar-refractivity contribution in [1.82, 2.24) is 9.62 Å². The minimum Gasteiger partial charge on any atom is -0.460 e. The van der Waals surface area contributed by atoms with Crippen LogP contribution in [0.25, 0.3) is 0 Å². The van der Waals surface area contributed by atoms with E-state index in [1.54, 1.807) is 40.7 Å². The maximum absolute atomic E-state index is 14.7. The molecule has 0 radical (unpaired) electrons. The Balaban J connectivity index is 1.46. The Morgan fingerprint density at radius 1 is 1.07 bits per heavy atom. The van der Waals surface area contributed by atoms with Crippen LogP contribution in [0.2, 0.25) is 5.02 Å². The van der Waals surface area contributed by atoms with E-state index in [1.807, 2.05) is 32.1 Å². The van der Waals surface area contributed by atoms with Gasteiger partial charge in [-0.15, -0.1) is 0 Å². The highest BCUT2D eigenvalue weighted by molar-refractivity contribution is 7.91. The van der Waals surface area contributed by atoms with Gasteiger partial charge in [-0.3, -0.25) is 29.2 Å². The van der Waals surface area contributed by atoms with Crippen LogP contribution in [0.4, 0.5) is 10.5 Å². The molecule has 1 aromatic carbocycles. The highest BCUT2D eigenvalue weighted by Crippen LogP contribution is 2.57. The lowest BCUT2D eigenvalue weighted by atomic mass is 9.82. The smallest absolute Gasteiger partial charge is 0.412 e. The zero-order valence-electron chi connectivity index (χ0n) is 32.8. The van der Waals surface area contributed by atoms with E-state index < -0.39 is 73.5 Å². The zero-order chi connectivity index (χ0) is 40.0. The van der Waals surface area contributed by atoms with Gasteiger partial charge in [-0.1, -0.05) is 43.7 Å². The summed E-state index contributed by atoms with van der Waals surface area (Å²) in [4.78, 5) is 71.0. The Morgan fingerprint density at radius 3 is 2.39 bits per heavy atom. The standard InChI is InChI=1S/C40H56ClN3O9S/c1-23-11-9-10-12-27-20-40(27,36(48)43-54(50,51)39(8)13-14-39)21-32(45)31-18-28(52-37(49)42-34-26(4)16-24(2)17-30(34)41)22-44(31)35(47)29(25(3)15-23)19-33(46)53-38(5,6)7/h10,12,16-17,23,25,27-29,31H,9,11,13-15,18-22H2,1-8H3,(H,42,49)(H,43,48)/b12-10-/t23-,25+,27+,28+,29-,31-,40+/m0/s1. The molecule has 0 spiro atoms. The lowest BCUT2D eigenvalue weighted by Gasteiger charge is -2.32. The van der Waals surface area contributed by atoms with E-state index >= 15 is 0 Å². The second kappa shape index (κ2) is 15.6. The number of carbonyl (C=O) groups is 5. The monoisotopic (exact) mass is 789 g/mol. The van der Waals surface area contributed by atoms with Gasteiger partial charge in [0, 0.05) is 12.8 Å². The minimum atomic E-state index is -3.98. The topological polar surface area (TPSA) is 165 Å². The van der Waals surface area contributed by atoms with Gasteiger partial charge in [0.25, 0.3) is 0 Å². The first-order valence-electron chi connectivity index (χ1n) is 19.1. The predicted octanol–water partition coefficient (Wildman–Crippen LogP) is 6.80. The first-order chi connectivity index (χ1) is 25.0. The molecule has 3 fully saturated rings. The molecule has 7 atom stereocenters. The van der Waals surface area contributed by atoms with Crippen LogP contribution < -0.4 is 10.0 Å².